The van der Waals surface area contributed by atoms with E-state index in [1.165, 1.54) is 7.11 Å². The van der Waals surface area contributed by atoms with E-state index in [0.29, 0.717) is 41.5 Å². The number of hydrogen-bond donors (Lipinski definition) is 0. The first-order valence-electron chi connectivity index (χ1n) is 8.05. The van der Waals surface area contributed by atoms with Gasteiger partial charge in [-0.1, -0.05) is 17.7 Å². The van der Waals surface area contributed by atoms with Gasteiger partial charge in [0.25, 0.3) is 0 Å². The lowest BCUT2D eigenvalue weighted by atomic mass is 9.99. The molecule has 1 aromatic heterocycles. The van der Waals surface area contributed by atoms with Gasteiger partial charge in [0, 0.05) is 13.1 Å². The van der Waals surface area contributed by atoms with Crippen molar-refractivity contribution in [3.63, 3.8) is 0 Å². The maximum atomic E-state index is 12.1. The summed E-state index contributed by atoms with van der Waals surface area (Å²) >= 11 is 6.09. The normalized spacial score (nSPS) is 14.8. The fraction of sp³-hybridized carbons (Fsp3) is 0.500. The van der Waals surface area contributed by atoms with Crippen molar-refractivity contribution < 1.29 is 19.1 Å². The number of nitrogens with zero attached hydrogens (tertiary/aromatic N) is 2. The van der Waals surface area contributed by atoms with Crippen LogP contribution in [0.15, 0.2) is 12.1 Å². The lowest BCUT2D eigenvalue weighted by Crippen LogP contribution is -2.39. The fourth-order valence-corrected chi connectivity index (χ4v) is 2.62. The Morgan fingerprint density at radius 2 is 2.00 bits per heavy atom. The number of rotatable bonds is 2. The molecule has 0 saturated carbocycles. The molecule has 25 heavy (non-hydrogen) atoms. The number of halogens is 1. The summed E-state index contributed by atoms with van der Waals surface area (Å²) in [4.78, 5) is 30.3. The topological polar surface area (TPSA) is 68.7 Å². The quantitative estimate of drug-likeness (QED) is 0.743. The lowest BCUT2D eigenvalue weighted by molar-refractivity contribution is 0.0270. The van der Waals surface area contributed by atoms with E-state index in [1.54, 1.807) is 17.9 Å². The van der Waals surface area contributed by atoms with Gasteiger partial charge in [-0.25, -0.2) is 9.59 Å². The maximum absolute atomic E-state index is 12.1. The molecule has 0 saturated heterocycles. The number of aryl methyl sites for hydroxylation is 1. The third-order valence-electron chi connectivity index (χ3n) is 3.72. The number of ether oxygens (including phenoxy) is 2. The molecule has 0 fully saturated rings. The molecule has 0 aromatic carbocycles. The Morgan fingerprint density at radius 1 is 1.32 bits per heavy atom. The van der Waals surface area contributed by atoms with Crippen LogP contribution in [0.4, 0.5) is 4.79 Å². The highest BCUT2D eigenvalue weighted by Crippen LogP contribution is 2.28. The zero-order chi connectivity index (χ0) is 18.8. The molecule has 0 spiro atoms. The summed E-state index contributed by atoms with van der Waals surface area (Å²) in [5, 5.41) is 0.413. The van der Waals surface area contributed by atoms with Gasteiger partial charge in [-0.05, 0) is 45.8 Å². The van der Waals surface area contributed by atoms with Crippen LogP contribution in [0.5, 0.6) is 0 Å². The summed E-state index contributed by atoms with van der Waals surface area (Å²) in [5.41, 5.74) is 1.88. The maximum Gasteiger partial charge on any atom is 0.410 e. The van der Waals surface area contributed by atoms with Crippen molar-refractivity contribution in [1.29, 1.82) is 0 Å². The summed E-state index contributed by atoms with van der Waals surface area (Å²) in [6, 6.07) is 1.58. The smallest absolute Gasteiger partial charge is 0.410 e. The Hall–Kier alpha value is -2.08. The molecule has 0 bridgehead atoms. The highest BCUT2D eigenvalue weighted by atomic mass is 35.5. The largest absolute Gasteiger partial charge is 0.465 e. The Kier molecular flexibility index (Phi) is 5.72. The van der Waals surface area contributed by atoms with Crippen molar-refractivity contribution in [3.05, 3.63) is 34.1 Å². The second kappa shape index (κ2) is 7.44. The van der Waals surface area contributed by atoms with Crippen molar-refractivity contribution in [2.45, 2.75) is 39.7 Å². The summed E-state index contributed by atoms with van der Waals surface area (Å²) in [6.45, 7) is 8.17. The SMILES string of the molecule is COC(=O)c1cc(Cl)c(C)nc1C1=CCN(C(=O)OC(C)(C)C)CC1. The standard InChI is InChI=1S/C18H23ClN2O4/c1-11-14(19)10-13(16(22)24-5)15(20-11)12-6-8-21(9-7-12)17(23)25-18(2,3)4/h6,10H,7-9H2,1-5H3. The minimum atomic E-state index is -0.534. The average molecular weight is 367 g/mol. The van der Waals surface area contributed by atoms with Gasteiger partial charge in [0.05, 0.1) is 29.1 Å². The third kappa shape index (κ3) is 4.72. The molecule has 136 valence electrons. The predicted octanol–water partition coefficient (Wildman–Crippen LogP) is 3.85. The molecule has 0 N–H and O–H groups in total. The monoisotopic (exact) mass is 366 g/mol. The number of aromatic nitrogens is 1. The van der Waals surface area contributed by atoms with Gasteiger partial charge in [0.15, 0.2) is 0 Å². The second-order valence-electron chi connectivity index (χ2n) is 6.85. The molecule has 1 aliphatic heterocycles. The van der Waals surface area contributed by atoms with Crippen molar-refractivity contribution in [2.24, 2.45) is 0 Å². The van der Waals surface area contributed by atoms with Crippen molar-refractivity contribution in [3.8, 4) is 0 Å². The van der Waals surface area contributed by atoms with Gasteiger partial charge in [0.2, 0.25) is 0 Å². The van der Waals surface area contributed by atoms with Crippen LogP contribution >= 0.6 is 11.6 Å². The van der Waals surface area contributed by atoms with E-state index >= 15 is 0 Å². The number of pyridine rings is 1. The first-order chi connectivity index (χ1) is 11.6. The first kappa shape index (κ1) is 19.2. The molecule has 2 heterocycles. The molecule has 0 aliphatic carbocycles. The molecular formula is C18H23ClN2O4. The number of hydrogen-bond acceptors (Lipinski definition) is 5. The zero-order valence-corrected chi connectivity index (χ0v) is 15.9. The van der Waals surface area contributed by atoms with Gasteiger partial charge in [-0.3, -0.25) is 4.98 Å². The fourth-order valence-electron chi connectivity index (χ4n) is 2.47. The first-order valence-corrected chi connectivity index (χ1v) is 8.43. The molecule has 1 aliphatic rings. The third-order valence-corrected chi connectivity index (χ3v) is 4.10. The molecular weight excluding hydrogens is 344 g/mol. The number of carbonyl (C=O) groups is 2. The summed E-state index contributed by atoms with van der Waals surface area (Å²) < 4.78 is 10.2. The molecule has 1 aromatic rings. The Bertz CT molecular complexity index is 723. The zero-order valence-electron chi connectivity index (χ0n) is 15.2. The van der Waals surface area contributed by atoms with Crippen LogP contribution < -0.4 is 0 Å². The van der Waals surface area contributed by atoms with Crippen molar-refractivity contribution >= 4 is 29.2 Å². The van der Waals surface area contributed by atoms with Crippen LogP contribution in [0.3, 0.4) is 0 Å². The summed E-state index contributed by atoms with van der Waals surface area (Å²) in [7, 11) is 1.32. The highest BCUT2D eigenvalue weighted by molar-refractivity contribution is 6.31. The number of esters is 1. The second-order valence-corrected chi connectivity index (χ2v) is 7.26. The van der Waals surface area contributed by atoms with Crippen LogP contribution in [0, 0.1) is 6.92 Å². The van der Waals surface area contributed by atoms with Crippen molar-refractivity contribution in [1.82, 2.24) is 9.88 Å². The molecule has 0 radical (unpaired) electrons. The van der Waals surface area contributed by atoms with E-state index in [0.717, 1.165) is 5.57 Å². The molecule has 2 rings (SSSR count). The highest BCUT2D eigenvalue weighted by Gasteiger charge is 2.26. The predicted molar refractivity (Wildman–Crippen MR) is 95.7 cm³/mol. The van der Waals surface area contributed by atoms with E-state index in [1.807, 2.05) is 26.8 Å². The van der Waals surface area contributed by atoms with E-state index < -0.39 is 11.6 Å². The Labute approximate surface area is 152 Å². The molecule has 0 unspecified atom stereocenters. The van der Waals surface area contributed by atoms with Crippen LogP contribution in [-0.2, 0) is 9.47 Å². The van der Waals surface area contributed by atoms with Gasteiger partial charge < -0.3 is 14.4 Å². The van der Waals surface area contributed by atoms with Gasteiger partial charge >= 0.3 is 12.1 Å². The Morgan fingerprint density at radius 3 is 2.52 bits per heavy atom. The minimum absolute atomic E-state index is 0.329. The van der Waals surface area contributed by atoms with Crippen LogP contribution in [0.2, 0.25) is 5.02 Å². The Balaban J connectivity index is 2.25. The van der Waals surface area contributed by atoms with Crippen LogP contribution in [-0.4, -0.2) is 47.7 Å². The molecule has 1 amide bonds. The van der Waals surface area contributed by atoms with Crippen LogP contribution in [0.25, 0.3) is 5.57 Å². The molecule has 0 atom stereocenters. The molecule has 6 nitrogen and oxygen atoms in total. The number of amides is 1. The van der Waals surface area contributed by atoms with Crippen molar-refractivity contribution in [2.75, 3.05) is 20.2 Å². The summed E-state index contributed by atoms with van der Waals surface area (Å²) in [6.07, 6.45) is 2.10. The molecule has 7 heteroatoms. The van der Waals surface area contributed by atoms with Gasteiger partial charge in [-0.2, -0.15) is 0 Å². The minimum Gasteiger partial charge on any atom is -0.465 e. The summed E-state index contributed by atoms with van der Waals surface area (Å²) in [5.74, 6) is -0.486. The van der Waals surface area contributed by atoms with Crippen LogP contribution in [0.1, 0.15) is 48.9 Å². The number of methoxy groups -OCH3 is 1. The van der Waals surface area contributed by atoms with E-state index in [-0.39, 0.29) is 6.09 Å². The van der Waals surface area contributed by atoms with E-state index in [9.17, 15) is 9.59 Å². The van der Waals surface area contributed by atoms with E-state index in [4.69, 9.17) is 21.1 Å². The average Bonchev–Trinajstić information content (AvgIpc) is 2.54. The van der Waals surface area contributed by atoms with Gasteiger partial charge in [-0.15, -0.1) is 0 Å². The van der Waals surface area contributed by atoms with Gasteiger partial charge in [0.1, 0.15) is 5.60 Å². The van der Waals surface area contributed by atoms with E-state index in [2.05, 4.69) is 4.98 Å². The number of carbonyl (C=O) groups excluding carboxylic acids is 2. The lowest BCUT2D eigenvalue weighted by Gasteiger charge is -2.29.